The van der Waals surface area contributed by atoms with Crippen LogP contribution in [-0.4, -0.2) is 21.6 Å². The van der Waals surface area contributed by atoms with Crippen molar-refractivity contribution >= 4 is 11.0 Å². The van der Waals surface area contributed by atoms with Crippen molar-refractivity contribution in [2.75, 3.05) is 7.05 Å². The summed E-state index contributed by atoms with van der Waals surface area (Å²) in [6.07, 6.45) is 3.70. The molecule has 0 spiro atoms. The van der Waals surface area contributed by atoms with Crippen LogP contribution in [0, 0.1) is 13.8 Å². The average Bonchev–Trinajstić information content (AvgIpc) is 2.90. The van der Waals surface area contributed by atoms with Crippen molar-refractivity contribution in [3.8, 4) is 5.82 Å². The van der Waals surface area contributed by atoms with Gasteiger partial charge in [0.15, 0.2) is 0 Å². The maximum Gasteiger partial charge on any atom is 0.138 e. The van der Waals surface area contributed by atoms with Crippen LogP contribution >= 0.6 is 0 Å². The fourth-order valence-corrected chi connectivity index (χ4v) is 2.45. The maximum absolute atomic E-state index is 4.50. The van der Waals surface area contributed by atoms with Gasteiger partial charge in [-0.3, -0.25) is 4.57 Å². The number of nitrogens with zero attached hydrogens (tertiary/aromatic N) is 3. The third-order valence-electron chi connectivity index (χ3n) is 4.11. The van der Waals surface area contributed by atoms with Crippen molar-refractivity contribution in [1.29, 1.82) is 0 Å². The van der Waals surface area contributed by atoms with E-state index in [-0.39, 0.29) is 0 Å². The zero-order valence-electron chi connectivity index (χ0n) is 12.9. The molecule has 3 aromatic rings. The van der Waals surface area contributed by atoms with Gasteiger partial charge < -0.3 is 5.32 Å². The van der Waals surface area contributed by atoms with E-state index >= 15 is 0 Å². The van der Waals surface area contributed by atoms with E-state index in [1.807, 2.05) is 30.2 Å². The maximum atomic E-state index is 4.50. The minimum absolute atomic E-state index is 0.297. The number of aryl methyl sites for hydroxylation is 2. The van der Waals surface area contributed by atoms with Gasteiger partial charge in [-0.25, -0.2) is 9.97 Å². The summed E-state index contributed by atoms with van der Waals surface area (Å²) in [5.41, 5.74) is 5.85. The summed E-state index contributed by atoms with van der Waals surface area (Å²) in [7, 11) is 1.96. The first-order chi connectivity index (χ1) is 10.1. The molecule has 0 saturated heterocycles. The largest absolute Gasteiger partial charge is 0.313 e. The Balaban J connectivity index is 2.14. The Kier molecular flexibility index (Phi) is 3.47. The van der Waals surface area contributed by atoms with Crippen LogP contribution in [0.3, 0.4) is 0 Å². The van der Waals surface area contributed by atoms with Crippen molar-refractivity contribution in [3.63, 3.8) is 0 Å². The third-order valence-corrected chi connectivity index (χ3v) is 4.11. The molecule has 0 radical (unpaired) electrons. The summed E-state index contributed by atoms with van der Waals surface area (Å²) in [4.78, 5) is 8.99. The van der Waals surface area contributed by atoms with Crippen molar-refractivity contribution in [2.24, 2.45) is 0 Å². The molecule has 1 unspecified atom stereocenters. The van der Waals surface area contributed by atoms with Crippen LogP contribution in [-0.2, 0) is 0 Å². The summed E-state index contributed by atoms with van der Waals surface area (Å²) < 4.78 is 2.05. The van der Waals surface area contributed by atoms with Gasteiger partial charge in [-0.1, -0.05) is 0 Å². The summed E-state index contributed by atoms with van der Waals surface area (Å²) in [6, 6.07) is 8.75. The molecule has 1 aromatic carbocycles. The number of aromatic nitrogens is 3. The Labute approximate surface area is 124 Å². The number of pyridine rings is 1. The highest BCUT2D eigenvalue weighted by Gasteiger charge is 2.09. The monoisotopic (exact) mass is 280 g/mol. The normalized spacial score (nSPS) is 12.8. The lowest BCUT2D eigenvalue weighted by Crippen LogP contribution is -2.12. The Hall–Kier alpha value is -2.20. The SMILES string of the molecule is CNC(C)c1ccnc(-n2cnc3cc(C)c(C)cc32)c1. The van der Waals surface area contributed by atoms with Gasteiger partial charge in [-0.05, 0) is 68.8 Å². The van der Waals surface area contributed by atoms with E-state index in [2.05, 4.69) is 54.3 Å². The highest BCUT2D eigenvalue weighted by atomic mass is 15.1. The van der Waals surface area contributed by atoms with Crippen LogP contribution in [0.15, 0.2) is 36.8 Å². The molecular weight excluding hydrogens is 260 g/mol. The number of hydrogen-bond acceptors (Lipinski definition) is 3. The smallest absolute Gasteiger partial charge is 0.138 e. The lowest BCUT2D eigenvalue weighted by Gasteiger charge is -2.12. The molecule has 2 aromatic heterocycles. The first-order valence-corrected chi connectivity index (χ1v) is 7.18. The highest BCUT2D eigenvalue weighted by Crippen LogP contribution is 2.22. The molecule has 0 fully saturated rings. The van der Waals surface area contributed by atoms with Gasteiger partial charge in [-0.2, -0.15) is 0 Å². The molecule has 108 valence electrons. The second kappa shape index (κ2) is 5.30. The molecule has 3 rings (SSSR count). The summed E-state index contributed by atoms with van der Waals surface area (Å²) in [5.74, 6) is 0.903. The van der Waals surface area contributed by atoms with E-state index in [0.29, 0.717) is 6.04 Å². The predicted molar refractivity (Wildman–Crippen MR) is 85.8 cm³/mol. The van der Waals surface area contributed by atoms with Crippen molar-refractivity contribution < 1.29 is 0 Å². The third kappa shape index (κ3) is 2.43. The molecule has 1 N–H and O–H groups in total. The fourth-order valence-electron chi connectivity index (χ4n) is 2.45. The molecule has 0 bridgehead atoms. The number of nitrogens with one attached hydrogen (secondary N) is 1. The molecule has 4 nitrogen and oxygen atoms in total. The van der Waals surface area contributed by atoms with Gasteiger partial charge in [0.05, 0.1) is 11.0 Å². The molecule has 0 saturated carbocycles. The summed E-state index contributed by atoms with van der Waals surface area (Å²) in [5, 5.41) is 3.25. The lowest BCUT2D eigenvalue weighted by atomic mass is 10.1. The van der Waals surface area contributed by atoms with Crippen molar-refractivity contribution in [1.82, 2.24) is 19.9 Å². The summed E-state index contributed by atoms with van der Waals surface area (Å²) in [6.45, 7) is 6.37. The Morgan fingerprint density at radius 3 is 2.62 bits per heavy atom. The second-order valence-electron chi connectivity index (χ2n) is 5.50. The van der Waals surface area contributed by atoms with Crippen LogP contribution in [0.5, 0.6) is 0 Å². The number of hydrogen-bond donors (Lipinski definition) is 1. The number of fused-ring (bicyclic) bond motifs is 1. The second-order valence-corrected chi connectivity index (χ2v) is 5.50. The molecule has 0 aliphatic heterocycles. The van der Waals surface area contributed by atoms with Gasteiger partial charge in [-0.15, -0.1) is 0 Å². The zero-order valence-corrected chi connectivity index (χ0v) is 12.9. The van der Waals surface area contributed by atoms with E-state index in [1.54, 1.807) is 0 Å². The Bertz CT molecular complexity index is 789. The van der Waals surface area contributed by atoms with Gasteiger partial charge in [0.2, 0.25) is 0 Å². The number of imidazole rings is 1. The van der Waals surface area contributed by atoms with Crippen LogP contribution in [0.1, 0.15) is 29.7 Å². The molecule has 0 aliphatic carbocycles. The first kappa shape index (κ1) is 13.8. The van der Waals surface area contributed by atoms with Crippen molar-refractivity contribution in [2.45, 2.75) is 26.8 Å². The van der Waals surface area contributed by atoms with Crippen LogP contribution < -0.4 is 5.32 Å². The number of rotatable bonds is 3. The summed E-state index contributed by atoms with van der Waals surface area (Å²) >= 11 is 0. The van der Waals surface area contributed by atoms with Gasteiger partial charge in [0.25, 0.3) is 0 Å². The van der Waals surface area contributed by atoms with E-state index in [4.69, 9.17) is 0 Å². The minimum Gasteiger partial charge on any atom is -0.313 e. The zero-order chi connectivity index (χ0) is 15.0. The predicted octanol–water partition coefficient (Wildman–Crippen LogP) is 3.32. The molecule has 2 heterocycles. The average molecular weight is 280 g/mol. The molecule has 4 heteroatoms. The van der Waals surface area contributed by atoms with E-state index < -0.39 is 0 Å². The quantitative estimate of drug-likeness (QED) is 0.800. The fraction of sp³-hybridized carbons (Fsp3) is 0.294. The molecule has 0 aliphatic rings. The Morgan fingerprint density at radius 1 is 1.10 bits per heavy atom. The molecule has 1 atom stereocenters. The number of benzene rings is 1. The van der Waals surface area contributed by atoms with E-state index in [0.717, 1.165) is 16.9 Å². The standard InChI is InChI=1S/C17H20N4/c1-11-7-15-16(8-12(11)2)21(10-20-15)17-9-14(5-6-19-17)13(3)18-4/h5-10,13,18H,1-4H3. The van der Waals surface area contributed by atoms with Crippen LogP contribution in [0.25, 0.3) is 16.9 Å². The molecule has 0 amide bonds. The van der Waals surface area contributed by atoms with Crippen LogP contribution in [0.4, 0.5) is 0 Å². The van der Waals surface area contributed by atoms with Crippen LogP contribution in [0.2, 0.25) is 0 Å². The van der Waals surface area contributed by atoms with E-state index in [9.17, 15) is 0 Å². The van der Waals surface area contributed by atoms with Gasteiger partial charge in [0.1, 0.15) is 12.1 Å². The highest BCUT2D eigenvalue weighted by molar-refractivity contribution is 5.78. The molecular formula is C17H20N4. The lowest BCUT2D eigenvalue weighted by molar-refractivity contribution is 0.650. The minimum atomic E-state index is 0.297. The van der Waals surface area contributed by atoms with E-state index in [1.165, 1.54) is 16.7 Å². The van der Waals surface area contributed by atoms with Gasteiger partial charge >= 0.3 is 0 Å². The van der Waals surface area contributed by atoms with Crippen molar-refractivity contribution in [3.05, 3.63) is 53.5 Å². The van der Waals surface area contributed by atoms with Gasteiger partial charge in [0, 0.05) is 12.2 Å². The Morgan fingerprint density at radius 2 is 1.86 bits per heavy atom. The molecule has 21 heavy (non-hydrogen) atoms. The first-order valence-electron chi connectivity index (χ1n) is 7.18. The topological polar surface area (TPSA) is 42.7 Å².